The maximum absolute atomic E-state index is 12.9. The van der Waals surface area contributed by atoms with Crippen molar-refractivity contribution in [3.63, 3.8) is 0 Å². The second kappa shape index (κ2) is 7.85. The fourth-order valence-corrected chi connectivity index (χ4v) is 5.51. The lowest BCUT2D eigenvalue weighted by atomic mass is 9.95. The fraction of sp³-hybridized carbons (Fsp3) is 0.348. The molecule has 3 aromatic rings. The van der Waals surface area contributed by atoms with Crippen LogP contribution in [0, 0.1) is 0 Å². The number of aryl methyl sites for hydroxylation is 1. The number of fused-ring (bicyclic) bond motifs is 2. The number of nitrogens with one attached hydrogen (secondary N) is 1. The molecule has 7 nitrogen and oxygen atoms in total. The predicted molar refractivity (Wildman–Crippen MR) is 116 cm³/mol. The summed E-state index contributed by atoms with van der Waals surface area (Å²) in [5, 5.41) is 7.30. The standard InChI is InChI=1S/C23H22N2O5S/c1-12-9-14-10-13(7-8-17(14)29-12)18-11-16(25-30-18)21(26)24-22-20(23(27)28-2)15-5-3-4-6-19(15)31-22/h7-8,10-12H,3-6,9H2,1-2H3,(H,24,26). The zero-order valence-electron chi connectivity index (χ0n) is 17.3. The highest BCUT2D eigenvalue weighted by atomic mass is 32.1. The first-order valence-electron chi connectivity index (χ1n) is 10.3. The summed E-state index contributed by atoms with van der Waals surface area (Å²) in [5.41, 5.74) is 3.56. The van der Waals surface area contributed by atoms with Crippen LogP contribution in [0.5, 0.6) is 5.75 Å². The molecule has 1 unspecified atom stereocenters. The van der Waals surface area contributed by atoms with Gasteiger partial charge in [-0.25, -0.2) is 4.79 Å². The Morgan fingerprint density at radius 1 is 1.23 bits per heavy atom. The lowest BCUT2D eigenvalue weighted by Crippen LogP contribution is -2.15. The molecule has 1 aliphatic carbocycles. The van der Waals surface area contributed by atoms with Crippen LogP contribution in [0.1, 0.15) is 56.6 Å². The number of benzene rings is 1. The van der Waals surface area contributed by atoms with Crippen molar-refractivity contribution < 1.29 is 23.6 Å². The number of thiophene rings is 1. The maximum atomic E-state index is 12.9. The Morgan fingerprint density at radius 2 is 2.06 bits per heavy atom. The number of carbonyl (C=O) groups excluding carboxylic acids is 2. The van der Waals surface area contributed by atoms with E-state index in [1.807, 2.05) is 25.1 Å². The van der Waals surface area contributed by atoms with Crippen LogP contribution in [-0.4, -0.2) is 30.2 Å². The number of ether oxygens (including phenoxy) is 2. The fourth-order valence-electron chi connectivity index (χ4n) is 4.23. The van der Waals surface area contributed by atoms with Gasteiger partial charge in [0.2, 0.25) is 0 Å². The number of methoxy groups -OCH3 is 1. The Balaban J connectivity index is 1.39. The number of hydrogen-bond acceptors (Lipinski definition) is 7. The molecule has 3 heterocycles. The van der Waals surface area contributed by atoms with Gasteiger partial charge in [-0.1, -0.05) is 5.16 Å². The summed E-state index contributed by atoms with van der Waals surface area (Å²) in [6.07, 6.45) is 4.83. The number of anilines is 1. The van der Waals surface area contributed by atoms with E-state index in [1.165, 1.54) is 18.4 Å². The molecule has 5 rings (SSSR count). The normalized spacial score (nSPS) is 16.9. The van der Waals surface area contributed by atoms with E-state index in [0.29, 0.717) is 16.3 Å². The van der Waals surface area contributed by atoms with E-state index in [-0.39, 0.29) is 11.8 Å². The Morgan fingerprint density at radius 3 is 2.90 bits per heavy atom. The maximum Gasteiger partial charge on any atom is 0.341 e. The van der Waals surface area contributed by atoms with E-state index >= 15 is 0 Å². The molecule has 1 atom stereocenters. The van der Waals surface area contributed by atoms with Gasteiger partial charge in [-0.3, -0.25) is 4.79 Å². The molecule has 0 radical (unpaired) electrons. The second-order valence-electron chi connectivity index (χ2n) is 7.89. The van der Waals surface area contributed by atoms with Crippen LogP contribution in [0.2, 0.25) is 0 Å². The molecule has 0 saturated carbocycles. The van der Waals surface area contributed by atoms with Crippen molar-refractivity contribution in [2.45, 2.75) is 45.1 Å². The van der Waals surface area contributed by atoms with E-state index < -0.39 is 11.9 Å². The van der Waals surface area contributed by atoms with Crippen LogP contribution in [0.25, 0.3) is 11.3 Å². The van der Waals surface area contributed by atoms with Crippen molar-refractivity contribution in [3.8, 4) is 17.1 Å². The molecule has 1 aliphatic heterocycles. The van der Waals surface area contributed by atoms with Crippen LogP contribution < -0.4 is 10.1 Å². The molecule has 2 aromatic heterocycles. The first kappa shape index (κ1) is 19.8. The Bertz CT molecular complexity index is 1180. The average molecular weight is 439 g/mol. The number of esters is 1. The molecule has 1 aromatic carbocycles. The number of nitrogens with zero attached hydrogens (tertiary/aromatic N) is 1. The van der Waals surface area contributed by atoms with Crippen LogP contribution in [0.4, 0.5) is 5.00 Å². The van der Waals surface area contributed by atoms with Gasteiger partial charge >= 0.3 is 5.97 Å². The van der Waals surface area contributed by atoms with E-state index in [1.54, 1.807) is 6.07 Å². The van der Waals surface area contributed by atoms with Crippen molar-refractivity contribution in [2.75, 3.05) is 12.4 Å². The summed E-state index contributed by atoms with van der Waals surface area (Å²) in [6, 6.07) is 7.42. The highest BCUT2D eigenvalue weighted by molar-refractivity contribution is 7.17. The Labute approximate surface area is 183 Å². The molecular formula is C23H22N2O5S. The Hall–Kier alpha value is -3.13. The minimum atomic E-state index is -0.426. The molecule has 1 N–H and O–H groups in total. The molecule has 0 spiro atoms. The van der Waals surface area contributed by atoms with Crippen LogP contribution >= 0.6 is 11.3 Å². The molecule has 31 heavy (non-hydrogen) atoms. The van der Waals surface area contributed by atoms with Gasteiger partial charge in [0.15, 0.2) is 11.5 Å². The molecule has 0 saturated heterocycles. The molecular weight excluding hydrogens is 416 g/mol. The third kappa shape index (κ3) is 3.61. The summed E-state index contributed by atoms with van der Waals surface area (Å²) in [5.74, 6) is 0.541. The Kier molecular flexibility index (Phi) is 5.02. The largest absolute Gasteiger partial charge is 0.490 e. The number of rotatable bonds is 4. The second-order valence-corrected chi connectivity index (χ2v) is 9.00. The van der Waals surface area contributed by atoms with Crippen molar-refractivity contribution in [3.05, 3.63) is 51.5 Å². The van der Waals surface area contributed by atoms with Gasteiger partial charge in [-0.15, -0.1) is 11.3 Å². The molecule has 8 heteroatoms. The summed E-state index contributed by atoms with van der Waals surface area (Å²) in [4.78, 5) is 26.4. The molecule has 2 aliphatic rings. The predicted octanol–water partition coefficient (Wildman–Crippen LogP) is 4.64. The van der Waals surface area contributed by atoms with E-state index in [0.717, 1.165) is 59.4 Å². The van der Waals surface area contributed by atoms with Crippen molar-refractivity contribution in [1.29, 1.82) is 0 Å². The van der Waals surface area contributed by atoms with Crippen LogP contribution in [0.15, 0.2) is 28.8 Å². The monoisotopic (exact) mass is 438 g/mol. The van der Waals surface area contributed by atoms with Crippen LogP contribution in [-0.2, 0) is 24.0 Å². The van der Waals surface area contributed by atoms with Gasteiger partial charge in [0, 0.05) is 22.9 Å². The zero-order chi connectivity index (χ0) is 21.5. The number of carbonyl (C=O) groups is 2. The van der Waals surface area contributed by atoms with E-state index in [4.69, 9.17) is 14.0 Å². The smallest absolute Gasteiger partial charge is 0.341 e. The lowest BCUT2D eigenvalue weighted by molar-refractivity contribution is 0.0601. The lowest BCUT2D eigenvalue weighted by Gasteiger charge is -2.11. The van der Waals surface area contributed by atoms with Crippen LogP contribution in [0.3, 0.4) is 0 Å². The number of hydrogen-bond donors (Lipinski definition) is 1. The van der Waals surface area contributed by atoms with Gasteiger partial charge in [-0.05, 0) is 61.9 Å². The van der Waals surface area contributed by atoms with Gasteiger partial charge in [0.1, 0.15) is 16.9 Å². The van der Waals surface area contributed by atoms with E-state index in [2.05, 4.69) is 10.5 Å². The van der Waals surface area contributed by atoms with Gasteiger partial charge in [0.25, 0.3) is 5.91 Å². The highest BCUT2D eigenvalue weighted by Gasteiger charge is 2.28. The molecule has 1 amide bonds. The van der Waals surface area contributed by atoms with Gasteiger partial charge in [0.05, 0.1) is 12.7 Å². The first-order valence-corrected chi connectivity index (χ1v) is 11.2. The van der Waals surface area contributed by atoms with Crippen molar-refractivity contribution >= 4 is 28.2 Å². The van der Waals surface area contributed by atoms with Crippen molar-refractivity contribution in [1.82, 2.24) is 5.16 Å². The zero-order valence-corrected chi connectivity index (χ0v) is 18.1. The topological polar surface area (TPSA) is 90.7 Å². The SMILES string of the molecule is COC(=O)c1c(NC(=O)c2cc(-c3ccc4c(c3)CC(C)O4)on2)sc2c1CCCC2. The molecule has 160 valence electrons. The molecule has 0 fully saturated rings. The molecule has 0 bridgehead atoms. The summed E-state index contributed by atoms with van der Waals surface area (Å²) in [7, 11) is 1.35. The minimum absolute atomic E-state index is 0.155. The van der Waals surface area contributed by atoms with E-state index in [9.17, 15) is 9.59 Å². The number of aromatic nitrogens is 1. The number of amides is 1. The highest BCUT2D eigenvalue weighted by Crippen LogP contribution is 2.39. The minimum Gasteiger partial charge on any atom is -0.490 e. The summed E-state index contributed by atoms with van der Waals surface area (Å²) < 4.78 is 16.1. The van der Waals surface area contributed by atoms with Gasteiger partial charge < -0.3 is 19.3 Å². The summed E-state index contributed by atoms with van der Waals surface area (Å²) >= 11 is 1.44. The average Bonchev–Trinajstić information content (AvgIpc) is 3.48. The van der Waals surface area contributed by atoms with Crippen molar-refractivity contribution in [2.24, 2.45) is 0 Å². The first-order chi connectivity index (χ1) is 15.0. The van der Waals surface area contributed by atoms with Gasteiger partial charge in [-0.2, -0.15) is 0 Å². The third-order valence-corrected chi connectivity index (χ3v) is 6.92. The quantitative estimate of drug-likeness (QED) is 0.597. The summed E-state index contributed by atoms with van der Waals surface area (Å²) in [6.45, 7) is 2.03. The third-order valence-electron chi connectivity index (χ3n) is 5.71.